The standard InChI is InChI=1S/C13H14N2O2/c1-10-5-2-3-6-11(10)12(16)9-15-13(17)7-4-8-14-15/h2-8,12,16H,9H2,1H3. The summed E-state index contributed by atoms with van der Waals surface area (Å²) in [6, 6.07) is 10.6. The quantitative estimate of drug-likeness (QED) is 0.864. The molecule has 0 radical (unpaired) electrons. The van der Waals surface area contributed by atoms with Gasteiger partial charge in [-0.15, -0.1) is 0 Å². The van der Waals surface area contributed by atoms with Crippen LogP contribution in [0.25, 0.3) is 0 Å². The molecule has 1 aromatic heterocycles. The smallest absolute Gasteiger partial charge is 0.266 e. The largest absolute Gasteiger partial charge is 0.386 e. The van der Waals surface area contributed by atoms with Gasteiger partial charge in [0, 0.05) is 12.3 Å². The maximum Gasteiger partial charge on any atom is 0.266 e. The Morgan fingerprint density at radius 1 is 1.29 bits per heavy atom. The number of aromatic nitrogens is 2. The maximum atomic E-state index is 11.5. The molecule has 1 unspecified atom stereocenters. The molecular weight excluding hydrogens is 216 g/mol. The van der Waals surface area contributed by atoms with Crippen LogP contribution < -0.4 is 5.56 Å². The number of aryl methyl sites for hydroxylation is 1. The van der Waals surface area contributed by atoms with Gasteiger partial charge in [-0.25, -0.2) is 4.68 Å². The third kappa shape index (κ3) is 2.60. The molecule has 17 heavy (non-hydrogen) atoms. The van der Waals surface area contributed by atoms with Gasteiger partial charge < -0.3 is 5.11 Å². The second-order valence-electron chi connectivity index (χ2n) is 3.92. The van der Waals surface area contributed by atoms with Crippen molar-refractivity contribution in [1.82, 2.24) is 9.78 Å². The molecular formula is C13H14N2O2. The first-order valence-electron chi connectivity index (χ1n) is 5.44. The van der Waals surface area contributed by atoms with Crippen molar-refractivity contribution in [3.05, 3.63) is 64.1 Å². The van der Waals surface area contributed by atoms with Crippen LogP contribution in [0.3, 0.4) is 0 Å². The highest BCUT2D eigenvalue weighted by Crippen LogP contribution is 2.17. The Kier molecular flexibility index (Phi) is 3.35. The molecule has 0 saturated carbocycles. The fraction of sp³-hybridized carbons (Fsp3) is 0.231. The molecule has 1 heterocycles. The van der Waals surface area contributed by atoms with E-state index in [2.05, 4.69) is 5.10 Å². The number of rotatable bonds is 3. The van der Waals surface area contributed by atoms with Crippen LogP contribution in [0.1, 0.15) is 17.2 Å². The maximum absolute atomic E-state index is 11.5. The van der Waals surface area contributed by atoms with E-state index < -0.39 is 6.10 Å². The Hall–Kier alpha value is -1.94. The van der Waals surface area contributed by atoms with Gasteiger partial charge in [0.1, 0.15) is 0 Å². The predicted octanol–water partition coefficient (Wildman–Crippen LogP) is 1.29. The normalized spacial score (nSPS) is 12.4. The van der Waals surface area contributed by atoms with Gasteiger partial charge in [0.05, 0.1) is 12.6 Å². The lowest BCUT2D eigenvalue weighted by Crippen LogP contribution is -2.24. The van der Waals surface area contributed by atoms with E-state index in [9.17, 15) is 9.90 Å². The number of benzene rings is 1. The van der Waals surface area contributed by atoms with Gasteiger partial charge in [0.15, 0.2) is 0 Å². The molecule has 2 aromatic rings. The predicted molar refractivity (Wildman–Crippen MR) is 64.6 cm³/mol. The van der Waals surface area contributed by atoms with Crippen LogP contribution in [0.15, 0.2) is 47.4 Å². The lowest BCUT2D eigenvalue weighted by atomic mass is 10.0. The van der Waals surface area contributed by atoms with Crippen LogP contribution in [-0.2, 0) is 6.54 Å². The SMILES string of the molecule is Cc1ccccc1C(O)Cn1ncccc1=O. The van der Waals surface area contributed by atoms with Crippen molar-refractivity contribution in [1.29, 1.82) is 0 Å². The van der Waals surface area contributed by atoms with Gasteiger partial charge in [-0.3, -0.25) is 4.79 Å². The summed E-state index contributed by atoms with van der Waals surface area (Å²) in [6.07, 6.45) is 0.815. The summed E-state index contributed by atoms with van der Waals surface area (Å²) in [5, 5.41) is 14.0. The molecule has 1 atom stereocenters. The second-order valence-corrected chi connectivity index (χ2v) is 3.92. The highest BCUT2D eigenvalue weighted by Gasteiger charge is 2.11. The number of aliphatic hydroxyl groups is 1. The molecule has 0 aliphatic rings. The molecule has 0 fully saturated rings. The first-order valence-corrected chi connectivity index (χ1v) is 5.44. The van der Waals surface area contributed by atoms with E-state index in [0.717, 1.165) is 11.1 Å². The number of nitrogens with zero attached hydrogens (tertiary/aromatic N) is 2. The number of aliphatic hydroxyl groups excluding tert-OH is 1. The van der Waals surface area contributed by atoms with Gasteiger partial charge in [0.2, 0.25) is 0 Å². The Balaban J connectivity index is 2.23. The van der Waals surface area contributed by atoms with Crippen LogP contribution >= 0.6 is 0 Å². The molecule has 0 bridgehead atoms. The monoisotopic (exact) mass is 230 g/mol. The Labute approximate surface area is 99.2 Å². The summed E-state index contributed by atoms with van der Waals surface area (Å²) in [7, 11) is 0. The van der Waals surface area contributed by atoms with E-state index in [4.69, 9.17) is 0 Å². The van der Waals surface area contributed by atoms with Crippen LogP contribution in [0.5, 0.6) is 0 Å². The first-order chi connectivity index (χ1) is 8.18. The molecule has 1 N–H and O–H groups in total. The summed E-state index contributed by atoms with van der Waals surface area (Å²) in [5.74, 6) is 0. The van der Waals surface area contributed by atoms with Gasteiger partial charge in [0.25, 0.3) is 5.56 Å². The zero-order chi connectivity index (χ0) is 12.3. The molecule has 4 nitrogen and oxygen atoms in total. The summed E-state index contributed by atoms with van der Waals surface area (Å²) in [6.45, 7) is 2.10. The molecule has 1 aromatic carbocycles. The van der Waals surface area contributed by atoms with Crippen molar-refractivity contribution in [3.63, 3.8) is 0 Å². The van der Waals surface area contributed by atoms with E-state index in [1.807, 2.05) is 31.2 Å². The van der Waals surface area contributed by atoms with Gasteiger partial charge in [-0.2, -0.15) is 5.10 Å². The van der Waals surface area contributed by atoms with Crippen molar-refractivity contribution >= 4 is 0 Å². The highest BCUT2D eigenvalue weighted by atomic mass is 16.3. The average molecular weight is 230 g/mol. The molecule has 0 amide bonds. The summed E-state index contributed by atoms with van der Waals surface area (Å²) in [5.41, 5.74) is 1.62. The lowest BCUT2D eigenvalue weighted by molar-refractivity contribution is 0.148. The third-order valence-electron chi connectivity index (χ3n) is 2.68. The van der Waals surface area contributed by atoms with Crippen molar-refractivity contribution in [3.8, 4) is 0 Å². The minimum absolute atomic E-state index is 0.171. The van der Waals surface area contributed by atoms with Crippen molar-refractivity contribution in [2.75, 3.05) is 0 Å². The van der Waals surface area contributed by atoms with E-state index in [0.29, 0.717) is 0 Å². The molecule has 0 spiro atoms. The van der Waals surface area contributed by atoms with E-state index in [1.54, 1.807) is 6.07 Å². The van der Waals surface area contributed by atoms with E-state index >= 15 is 0 Å². The zero-order valence-corrected chi connectivity index (χ0v) is 9.58. The Bertz CT molecular complexity index is 563. The molecule has 0 aliphatic heterocycles. The second kappa shape index (κ2) is 4.93. The first kappa shape index (κ1) is 11.5. The van der Waals surface area contributed by atoms with Crippen molar-refractivity contribution in [2.24, 2.45) is 0 Å². The van der Waals surface area contributed by atoms with Crippen LogP contribution in [0, 0.1) is 6.92 Å². The summed E-state index contributed by atoms with van der Waals surface area (Å²) < 4.78 is 1.26. The Morgan fingerprint density at radius 3 is 2.76 bits per heavy atom. The number of hydrogen-bond donors (Lipinski definition) is 1. The lowest BCUT2D eigenvalue weighted by Gasteiger charge is -2.13. The summed E-state index contributed by atoms with van der Waals surface area (Å²) in [4.78, 5) is 11.5. The van der Waals surface area contributed by atoms with Crippen LogP contribution in [0.2, 0.25) is 0 Å². The fourth-order valence-corrected chi connectivity index (χ4v) is 1.75. The Morgan fingerprint density at radius 2 is 2.06 bits per heavy atom. The van der Waals surface area contributed by atoms with E-state index in [1.165, 1.54) is 16.9 Å². The van der Waals surface area contributed by atoms with Crippen LogP contribution in [0.4, 0.5) is 0 Å². The topological polar surface area (TPSA) is 55.1 Å². The highest BCUT2D eigenvalue weighted by molar-refractivity contribution is 5.27. The molecule has 0 aliphatic carbocycles. The van der Waals surface area contributed by atoms with E-state index in [-0.39, 0.29) is 12.1 Å². The van der Waals surface area contributed by atoms with Crippen LogP contribution in [-0.4, -0.2) is 14.9 Å². The zero-order valence-electron chi connectivity index (χ0n) is 9.58. The van der Waals surface area contributed by atoms with Crippen molar-refractivity contribution < 1.29 is 5.11 Å². The van der Waals surface area contributed by atoms with Gasteiger partial charge in [-0.1, -0.05) is 24.3 Å². The molecule has 88 valence electrons. The van der Waals surface area contributed by atoms with Gasteiger partial charge >= 0.3 is 0 Å². The minimum atomic E-state index is -0.719. The number of hydrogen-bond acceptors (Lipinski definition) is 3. The molecule has 4 heteroatoms. The third-order valence-corrected chi connectivity index (χ3v) is 2.68. The van der Waals surface area contributed by atoms with Crippen molar-refractivity contribution in [2.45, 2.75) is 19.6 Å². The summed E-state index contributed by atoms with van der Waals surface area (Å²) >= 11 is 0. The molecule has 2 rings (SSSR count). The average Bonchev–Trinajstić information content (AvgIpc) is 2.32. The fourth-order valence-electron chi connectivity index (χ4n) is 1.75. The van der Waals surface area contributed by atoms with Gasteiger partial charge in [-0.05, 0) is 24.1 Å². The molecule has 0 saturated heterocycles. The minimum Gasteiger partial charge on any atom is -0.386 e.